The van der Waals surface area contributed by atoms with E-state index in [0.717, 1.165) is 37.5 Å². The van der Waals surface area contributed by atoms with Crippen molar-refractivity contribution < 1.29 is 9.90 Å². The van der Waals surface area contributed by atoms with E-state index < -0.39 is 5.60 Å². The molecule has 116 valence electrons. The van der Waals surface area contributed by atoms with Gasteiger partial charge in [-0.2, -0.15) is 0 Å². The number of ketones is 1. The van der Waals surface area contributed by atoms with Crippen molar-refractivity contribution in [1.82, 2.24) is 0 Å². The summed E-state index contributed by atoms with van der Waals surface area (Å²) in [5, 5.41) is 10.9. The van der Waals surface area contributed by atoms with Crippen LogP contribution in [0.5, 0.6) is 0 Å². The molecule has 0 heterocycles. The van der Waals surface area contributed by atoms with Crippen LogP contribution in [0.25, 0.3) is 0 Å². The van der Waals surface area contributed by atoms with Crippen molar-refractivity contribution in [2.45, 2.75) is 70.8 Å². The van der Waals surface area contributed by atoms with Crippen LogP contribution in [0, 0.1) is 29.1 Å². The third-order valence-electron chi connectivity index (χ3n) is 7.86. The van der Waals surface area contributed by atoms with Gasteiger partial charge in [0.05, 0.1) is 5.60 Å². The van der Waals surface area contributed by atoms with Gasteiger partial charge in [-0.3, -0.25) is 4.79 Å². The van der Waals surface area contributed by atoms with Crippen LogP contribution in [-0.2, 0) is 4.79 Å². The fourth-order valence-electron chi connectivity index (χ4n) is 6.42. The molecule has 1 N–H and O–H groups in total. The highest BCUT2D eigenvalue weighted by atomic mass is 16.3. The first-order valence-electron chi connectivity index (χ1n) is 8.88. The van der Waals surface area contributed by atoms with Crippen LogP contribution in [0.3, 0.4) is 0 Å². The van der Waals surface area contributed by atoms with Crippen molar-refractivity contribution in [2.75, 3.05) is 0 Å². The molecule has 4 aliphatic rings. The molecule has 0 unspecified atom stereocenters. The number of carbonyl (C=O) groups excluding carboxylic acids is 1. The second-order valence-corrected chi connectivity index (χ2v) is 8.57. The Labute approximate surface area is 128 Å². The number of carbonyl (C=O) groups is 1. The van der Waals surface area contributed by atoms with Gasteiger partial charge in [-0.25, -0.2) is 0 Å². The van der Waals surface area contributed by atoms with Crippen molar-refractivity contribution in [2.24, 2.45) is 29.1 Å². The van der Waals surface area contributed by atoms with Gasteiger partial charge in [-0.1, -0.05) is 12.5 Å². The highest BCUT2D eigenvalue weighted by Gasteiger charge is 2.60. The maximum atomic E-state index is 11.7. The van der Waals surface area contributed by atoms with Gasteiger partial charge in [0.2, 0.25) is 0 Å². The van der Waals surface area contributed by atoms with E-state index in [2.05, 4.69) is 13.8 Å². The van der Waals surface area contributed by atoms with E-state index in [0.29, 0.717) is 17.6 Å². The highest BCUT2D eigenvalue weighted by Crippen LogP contribution is 2.64. The maximum Gasteiger partial charge on any atom is 0.155 e. The number of hydrogen-bond acceptors (Lipinski definition) is 2. The van der Waals surface area contributed by atoms with Crippen molar-refractivity contribution in [3.05, 3.63) is 11.6 Å². The molecule has 0 aromatic rings. The predicted octanol–water partition coefficient (Wildman–Crippen LogP) is 3.88. The SMILES string of the molecule is C[C@@]1(O)CC[C@@H]2[C@H]3CCC4=CC(=O)CC[C@H]4[C@@H]3CC[C@]21C. The van der Waals surface area contributed by atoms with Crippen LogP contribution in [-0.4, -0.2) is 16.5 Å². The van der Waals surface area contributed by atoms with Crippen LogP contribution in [0.4, 0.5) is 0 Å². The third-order valence-corrected chi connectivity index (χ3v) is 7.86. The Morgan fingerprint density at radius 3 is 2.67 bits per heavy atom. The Morgan fingerprint density at radius 2 is 1.86 bits per heavy atom. The number of rotatable bonds is 0. The lowest BCUT2D eigenvalue weighted by molar-refractivity contribution is -0.117. The standard InChI is InChI=1S/C19H28O2/c1-18-9-7-15-14-6-4-13(20)11-12(14)3-5-16(15)17(18)8-10-19(18,2)21/h11,14-17,21H,3-10H2,1-2H3/t14-,15+,16+,17-,18-,19-/m1/s1. The minimum absolute atomic E-state index is 0.125. The van der Waals surface area contributed by atoms with E-state index in [1.807, 2.05) is 6.08 Å². The lowest BCUT2D eigenvalue weighted by atomic mass is 9.51. The third kappa shape index (κ3) is 1.84. The number of hydrogen-bond donors (Lipinski definition) is 1. The molecule has 21 heavy (non-hydrogen) atoms. The lowest BCUT2D eigenvalue weighted by Crippen LogP contribution is -2.51. The summed E-state index contributed by atoms with van der Waals surface area (Å²) >= 11 is 0. The number of fused-ring (bicyclic) bond motifs is 5. The van der Waals surface area contributed by atoms with Crippen molar-refractivity contribution in [3.8, 4) is 0 Å². The van der Waals surface area contributed by atoms with E-state index in [-0.39, 0.29) is 5.41 Å². The van der Waals surface area contributed by atoms with Crippen LogP contribution >= 0.6 is 0 Å². The molecule has 0 bridgehead atoms. The molecule has 0 aliphatic heterocycles. The average molecular weight is 288 g/mol. The Hall–Kier alpha value is -0.630. The molecule has 0 aromatic heterocycles. The lowest BCUT2D eigenvalue weighted by Gasteiger charge is -2.55. The zero-order valence-corrected chi connectivity index (χ0v) is 13.4. The molecular formula is C19H28O2. The molecule has 0 amide bonds. The first-order chi connectivity index (χ1) is 9.92. The first kappa shape index (κ1) is 14.0. The molecule has 4 rings (SSSR count). The summed E-state index contributed by atoms with van der Waals surface area (Å²) in [4.78, 5) is 11.7. The molecule has 4 aliphatic carbocycles. The van der Waals surface area contributed by atoms with E-state index in [1.54, 1.807) is 0 Å². The smallest absolute Gasteiger partial charge is 0.155 e. The predicted molar refractivity (Wildman–Crippen MR) is 82.7 cm³/mol. The summed E-state index contributed by atoms with van der Waals surface area (Å²) in [5.74, 6) is 3.30. The molecule has 0 spiro atoms. The second kappa shape index (κ2) is 4.44. The van der Waals surface area contributed by atoms with Crippen LogP contribution in [0.1, 0.15) is 65.2 Å². The van der Waals surface area contributed by atoms with Gasteiger partial charge < -0.3 is 5.11 Å². The van der Waals surface area contributed by atoms with Gasteiger partial charge >= 0.3 is 0 Å². The molecule has 2 heteroatoms. The molecule has 0 radical (unpaired) electrons. The molecule has 0 saturated heterocycles. The van der Waals surface area contributed by atoms with Gasteiger partial charge in [0.25, 0.3) is 0 Å². The quantitative estimate of drug-likeness (QED) is 0.734. The number of aliphatic hydroxyl groups is 1. The fourth-order valence-corrected chi connectivity index (χ4v) is 6.42. The van der Waals surface area contributed by atoms with Gasteiger partial charge in [0, 0.05) is 6.42 Å². The minimum atomic E-state index is -0.471. The van der Waals surface area contributed by atoms with E-state index in [1.165, 1.54) is 31.3 Å². The van der Waals surface area contributed by atoms with E-state index in [9.17, 15) is 9.90 Å². The van der Waals surface area contributed by atoms with Crippen LogP contribution in [0.15, 0.2) is 11.6 Å². The summed E-state index contributed by atoms with van der Waals surface area (Å²) in [7, 11) is 0. The molecule has 3 fully saturated rings. The van der Waals surface area contributed by atoms with Crippen molar-refractivity contribution >= 4 is 5.78 Å². The van der Waals surface area contributed by atoms with E-state index in [4.69, 9.17) is 0 Å². The summed E-state index contributed by atoms with van der Waals surface area (Å²) < 4.78 is 0. The topological polar surface area (TPSA) is 37.3 Å². The summed E-state index contributed by atoms with van der Waals surface area (Å²) in [6.45, 7) is 4.41. The normalized spacial score (nSPS) is 52.7. The highest BCUT2D eigenvalue weighted by molar-refractivity contribution is 5.91. The largest absolute Gasteiger partial charge is 0.390 e. The maximum absolute atomic E-state index is 11.7. The summed E-state index contributed by atoms with van der Waals surface area (Å²) in [5.41, 5.74) is 1.11. The van der Waals surface area contributed by atoms with Gasteiger partial charge in [-0.15, -0.1) is 0 Å². The minimum Gasteiger partial charge on any atom is -0.390 e. The molecule has 2 nitrogen and oxygen atoms in total. The fraction of sp³-hybridized carbons (Fsp3) is 0.842. The Bertz CT molecular complexity index is 504. The monoisotopic (exact) mass is 288 g/mol. The second-order valence-electron chi connectivity index (χ2n) is 8.57. The zero-order chi connectivity index (χ0) is 14.8. The first-order valence-corrected chi connectivity index (χ1v) is 8.88. The summed E-state index contributed by atoms with van der Waals surface area (Å²) in [6, 6.07) is 0. The molecular weight excluding hydrogens is 260 g/mol. The molecule has 3 saturated carbocycles. The molecule has 6 atom stereocenters. The Balaban J connectivity index is 1.64. The van der Waals surface area contributed by atoms with Crippen molar-refractivity contribution in [1.29, 1.82) is 0 Å². The average Bonchev–Trinajstić information content (AvgIpc) is 2.69. The van der Waals surface area contributed by atoms with Gasteiger partial charge in [0.15, 0.2) is 5.78 Å². The summed E-state index contributed by atoms with van der Waals surface area (Å²) in [6.07, 6.45) is 10.8. The molecule has 0 aromatic carbocycles. The van der Waals surface area contributed by atoms with Gasteiger partial charge in [-0.05, 0) is 87.0 Å². The van der Waals surface area contributed by atoms with Crippen LogP contribution in [0.2, 0.25) is 0 Å². The Kier molecular flexibility index (Phi) is 2.96. The van der Waals surface area contributed by atoms with Gasteiger partial charge in [0.1, 0.15) is 0 Å². The Morgan fingerprint density at radius 1 is 1.05 bits per heavy atom. The van der Waals surface area contributed by atoms with E-state index >= 15 is 0 Å². The zero-order valence-electron chi connectivity index (χ0n) is 13.4. The number of allylic oxidation sites excluding steroid dienone is 1. The van der Waals surface area contributed by atoms with Crippen LogP contribution < -0.4 is 0 Å². The van der Waals surface area contributed by atoms with Crippen molar-refractivity contribution in [3.63, 3.8) is 0 Å².